The number of carbonyl (C=O) groups excluding carboxylic acids is 2. The number of benzene rings is 2. The molecule has 0 saturated carbocycles. The van der Waals surface area contributed by atoms with Crippen LogP contribution in [0.15, 0.2) is 63.0 Å². The van der Waals surface area contributed by atoms with E-state index in [2.05, 4.69) is 15.5 Å². The van der Waals surface area contributed by atoms with Crippen molar-refractivity contribution in [3.05, 3.63) is 74.1 Å². The maximum atomic E-state index is 13.5. The van der Waals surface area contributed by atoms with Crippen LogP contribution in [-0.4, -0.2) is 31.8 Å². The minimum Gasteiger partial charge on any atom is -0.294 e. The van der Waals surface area contributed by atoms with Crippen LogP contribution < -0.4 is 0 Å². The third-order valence-electron chi connectivity index (χ3n) is 4.93. The van der Waals surface area contributed by atoms with Crippen LogP contribution in [0.25, 0.3) is 0 Å². The number of hydrogen-bond acceptors (Lipinski definition) is 7. The number of Topliss-reactive ketones (excluding diaryl/α,β-unsaturated/α-hetero) is 2. The van der Waals surface area contributed by atoms with Crippen LogP contribution in [0, 0.1) is 0 Å². The van der Waals surface area contributed by atoms with Gasteiger partial charge in [0.05, 0.1) is 10.6 Å². The van der Waals surface area contributed by atoms with Gasteiger partial charge in [0.2, 0.25) is 5.16 Å². The third-order valence-corrected chi connectivity index (χ3v) is 7.92. The molecule has 6 nitrogen and oxygen atoms in total. The van der Waals surface area contributed by atoms with Crippen LogP contribution in [0.4, 0.5) is 0 Å². The van der Waals surface area contributed by atoms with Gasteiger partial charge < -0.3 is 0 Å². The summed E-state index contributed by atoms with van der Waals surface area (Å²) >= 11 is 15.9. The summed E-state index contributed by atoms with van der Waals surface area (Å²) in [7, 11) is 1.73. The second-order valence-electron chi connectivity index (χ2n) is 7.08. The van der Waals surface area contributed by atoms with E-state index < -0.39 is 0 Å². The van der Waals surface area contributed by atoms with E-state index in [4.69, 9.17) is 23.2 Å². The molecule has 1 aliphatic rings. The maximum Gasteiger partial charge on any atom is 0.209 e. The van der Waals surface area contributed by atoms with Gasteiger partial charge in [-0.3, -0.25) is 9.59 Å². The maximum absolute atomic E-state index is 13.5. The minimum absolute atomic E-state index is 0.146. The number of hydrogen-bond donors (Lipinski definition) is 0. The number of nitrogens with zero attached hydrogens (tertiary/aromatic N) is 4. The number of allylic oxidation sites excluding steroid dienone is 2. The molecule has 1 heterocycles. The first-order valence-electron chi connectivity index (χ1n) is 9.81. The molecule has 0 fully saturated rings. The van der Waals surface area contributed by atoms with E-state index in [9.17, 15) is 9.59 Å². The zero-order valence-corrected chi connectivity index (χ0v) is 20.2. The van der Waals surface area contributed by atoms with Crippen molar-refractivity contribution < 1.29 is 9.59 Å². The quantitative estimate of drug-likeness (QED) is 0.228. The smallest absolute Gasteiger partial charge is 0.209 e. The molecule has 0 unspecified atom stereocenters. The van der Waals surface area contributed by atoms with Crippen molar-refractivity contribution in [3.8, 4) is 0 Å². The second-order valence-corrected chi connectivity index (χ2v) is 9.98. The molecule has 32 heavy (non-hydrogen) atoms. The van der Waals surface area contributed by atoms with Crippen LogP contribution in [0.1, 0.15) is 35.2 Å². The van der Waals surface area contributed by atoms with Crippen LogP contribution in [0.3, 0.4) is 0 Å². The summed E-state index contributed by atoms with van der Waals surface area (Å²) in [5.41, 5.74) is 1.11. The highest BCUT2D eigenvalue weighted by Crippen LogP contribution is 2.39. The summed E-state index contributed by atoms with van der Waals surface area (Å²) in [4.78, 5) is 28.1. The molecule has 3 aromatic rings. The van der Waals surface area contributed by atoms with Gasteiger partial charge in [-0.2, -0.15) is 0 Å². The minimum atomic E-state index is -0.360. The lowest BCUT2D eigenvalue weighted by molar-refractivity contribution is -0.115. The lowest BCUT2D eigenvalue weighted by atomic mass is 9.91. The van der Waals surface area contributed by atoms with Crippen molar-refractivity contribution in [1.29, 1.82) is 0 Å². The van der Waals surface area contributed by atoms with E-state index in [0.29, 0.717) is 34.3 Å². The molecule has 0 N–H and O–H groups in total. The highest BCUT2D eigenvalue weighted by atomic mass is 35.5. The molecule has 4 rings (SSSR count). The first-order valence-corrected chi connectivity index (χ1v) is 12.4. The third kappa shape index (κ3) is 4.93. The Hall–Kier alpha value is -2.13. The normalized spacial score (nSPS) is 14.2. The van der Waals surface area contributed by atoms with Gasteiger partial charge in [-0.25, -0.2) is 4.68 Å². The Bertz CT molecular complexity index is 1210. The lowest BCUT2D eigenvalue weighted by Crippen LogP contribution is -2.19. The molecule has 0 atom stereocenters. The average molecular weight is 505 g/mol. The fourth-order valence-electron chi connectivity index (χ4n) is 3.32. The predicted octanol–water partition coefficient (Wildman–Crippen LogP) is 5.79. The fraction of sp³-hybridized carbons (Fsp3) is 0.227. The Labute approximate surface area is 203 Å². The van der Waals surface area contributed by atoms with Crippen LogP contribution >= 0.6 is 46.7 Å². The van der Waals surface area contributed by atoms with Crippen LogP contribution in [-0.2, 0) is 17.6 Å². The molecular formula is C22H18Cl2N4O2S2. The molecule has 1 aliphatic carbocycles. The molecular weight excluding hydrogens is 487 g/mol. The van der Waals surface area contributed by atoms with Crippen molar-refractivity contribution in [3.63, 3.8) is 0 Å². The van der Waals surface area contributed by atoms with Crippen molar-refractivity contribution in [2.45, 2.75) is 35.1 Å². The first-order chi connectivity index (χ1) is 15.5. The van der Waals surface area contributed by atoms with Gasteiger partial charge in [-0.1, -0.05) is 64.9 Å². The van der Waals surface area contributed by atoms with Crippen LogP contribution in [0.2, 0.25) is 10.0 Å². The summed E-state index contributed by atoms with van der Waals surface area (Å²) < 4.78 is 1.54. The molecule has 1 aromatic heterocycles. The summed E-state index contributed by atoms with van der Waals surface area (Å²) in [6.07, 6.45) is 1.76. The Kier molecular flexibility index (Phi) is 7.35. The number of aryl methyl sites for hydroxylation is 1. The van der Waals surface area contributed by atoms with Crippen molar-refractivity contribution in [2.75, 3.05) is 0 Å². The Morgan fingerprint density at radius 3 is 2.62 bits per heavy atom. The fourth-order valence-corrected chi connectivity index (χ4v) is 6.09. The van der Waals surface area contributed by atoms with Gasteiger partial charge in [0.1, 0.15) is 0 Å². The SMILES string of the molecule is Cn1nnnc1SCc1c(Cl)ccc(C(=O)C2=C(Sc3ccccc3)CCCC2=O)c1Cl. The summed E-state index contributed by atoms with van der Waals surface area (Å²) in [6.45, 7) is 0. The highest BCUT2D eigenvalue weighted by Gasteiger charge is 2.30. The number of thioether (sulfide) groups is 2. The van der Waals surface area contributed by atoms with Gasteiger partial charge in [0.25, 0.3) is 0 Å². The number of carbonyl (C=O) groups is 2. The largest absolute Gasteiger partial charge is 0.294 e. The summed E-state index contributed by atoms with van der Waals surface area (Å²) in [6, 6.07) is 13.0. The standard InChI is InChI=1S/C22H18Cl2N4O2S2/c1-28-22(25-26-27-28)31-12-15-16(23)11-10-14(20(15)24)21(30)19-17(29)8-5-9-18(19)32-13-6-3-2-4-7-13/h2-4,6-7,10-11H,5,8-9,12H2,1H3. The monoisotopic (exact) mass is 504 g/mol. The number of tetrazole rings is 1. The molecule has 0 spiro atoms. The van der Waals surface area contributed by atoms with E-state index in [1.54, 1.807) is 23.9 Å². The molecule has 164 valence electrons. The molecule has 0 amide bonds. The summed E-state index contributed by atoms with van der Waals surface area (Å²) in [5, 5.41) is 12.6. The van der Waals surface area contributed by atoms with Gasteiger partial charge >= 0.3 is 0 Å². The van der Waals surface area contributed by atoms with Gasteiger partial charge in [0, 0.05) is 45.2 Å². The molecule has 0 radical (unpaired) electrons. The van der Waals surface area contributed by atoms with Crippen molar-refractivity contribution in [1.82, 2.24) is 20.2 Å². The van der Waals surface area contributed by atoms with Crippen molar-refractivity contribution in [2.24, 2.45) is 7.05 Å². The van der Waals surface area contributed by atoms with Crippen LogP contribution in [0.5, 0.6) is 0 Å². The van der Waals surface area contributed by atoms with Gasteiger partial charge in [0.15, 0.2) is 11.6 Å². The molecule has 0 bridgehead atoms. The Balaban J connectivity index is 1.67. The predicted molar refractivity (Wildman–Crippen MR) is 127 cm³/mol. The molecule has 0 saturated heterocycles. The van der Waals surface area contributed by atoms with E-state index in [0.717, 1.165) is 16.2 Å². The highest BCUT2D eigenvalue weighted by molar-refractivity contribution is 8.03. The lowest BCUT2D eigenvalue weighted by Gasteiger charge is -2.19. The second kappa shape index (κ2) is 10.2. The zero-order chi connectivity index (χ0) is 22.7. The average Bonchev–Trinajstić information content (AvgIpc) is 3.19. The Morgan fingerprint density at radius 1 is 1.12 bits per heavy atom. The topological polar surface area (TPSA) is 77.7 Å². The Morgan fingerprint density at radius 2 is 1.91 bits per heavy atom. The summed E-state index contributed by atoms with van der Waals surface area (Å²) in [5.74, 6) is -0.126. The number of aromatic nitrogens is 4. The van der Waals surface area contributed by atoms with E-state index >= 15 is 0 Å². The van der Waals surface area contributed by atoms with Gasteiger partial charge in [-0.15, -0.1) is 5.10 Å². The van der Waals surface area contributed by atoms with E-state index in [1.807, 2.05) is 30.3 Å². The number of rotatable bonds is 7. The van der Waals surface area contributed by atoms with E-state index in [-0.39, 0.29) is 27.7 Å². The molecule has 0 aliphatic heterocycles. The zero-order valence-electron chi connectivity index (χ0n) is 17.0. The molecule has 2 aromatic carbocycles. The van der Waals surface area contributed by atoms with Crippen molar-refractivity contribution >= 4 is 58.3 Å². The number of ketones is 2. The van der Waals surface area contributed by atoms with Gasteiger partial charge in [-0.05, 0) is 47.5 Å². The molecule has 10 heteroatoms. The number of halogens is 2. The van der Waals surface area contributed by atoms with E-state index in [1.165, 1.54) is 23.5 Å². The first kappa shape index (κ1) is 23.0.